The van der Waals surface area contributed by atoms with Crippen molar-refractivity contribution in [2.24, 2.45) is 0 Å². The fraction of sp³-hybridized carbons (Fsp3) is 0.462. The van der Waals surface area contributed by atoms with Gasteiger partial charge in [-0.2, -0.15) is 0 Å². The van der Waals surface area contributed by atoms with E-state index in [-0.39, 0.29) is 11.3 Å². The van der Waals surface area contributed by atoms with E-state index in [1.165, 1.54) is 0 Å². The Hall–Kier alpha value is -1.42. The molecule has 4 nitrogen and oxygen atoms in total. The first-order chi connectivity index (χ1) is 8.56. The van der Waals surface area contributed by atoms with E-state index >= 15 is 0 Å². The van der Waals surface area contributed by atoms with Gasteiger partial charge in [-0.15, -0.1) is 11.6 Å². The average Bonchev–Trinajstić information content (AvgIpc) is 2.36. The molecule has 100 valence electrons. The summed E-state index contributed by atoms with van der Waals surface area (Å²) in [4.78, 5) is 11.6. The van der Waals surface area contributed by atoms with E-state index in [1.807, 2.05) is 13.0 Å². The number of nitrogens with one attached hydrogen (secondary N) is 1. The lowest BCUT2D eigenvalue weighted by atomic mass is 10.1. The summed E-state index contributed by atoms with van der Waals surface area (Å²) < 4.78 is 10.3. The van der Waals surface area contributed by atoms with Crippen LogP contribution in [0.1, 0.15) is 12.5 Å². The SMILES string of the molecule is COc1ccc(CC(=O)NCC(C)Cl)cc1OC. The van der Waals surface area contributed by atoms with Gasteiger partial charge in [-0.05, 0) is 24.6 Å². The summed E-state index contributed by atoms with van der Waals surface area (Å²) >= 11 is 5.76. The van der Waals surface area contributed by atoms with Crippen LogP contribution in [0.3, 0.4) is 0 Å². The molecule has 1 aromatic rings. The monoisotopic (exact) mass is 271 g/mol. The van der Waals surface area contributed by atoms with Crippen LogP contribution in [0, 0.1) is 0 Å². The maximum atomic E-state index is 11.6. The molecule has 0 aliphatic rings. The van der Waals surface area contributed by atoms with Crippen molar-refractivity contribution in [1.82, 2.24) is 5.32 Å². The third-order valence-corrected chi connectivity index (χ3v) is 2.55. The van der Waals surface area contributed by atoms with Crippen LogP contribution in [-0.2, 0) is 11.2 Å². The quantitative estimate of drug-likeness (QED) is 0.805. The van der Waals surface area contributed by atoms with Crippen molar-refractivity contribution in [3.05, 3.63) is 23.8 Å². The average molecular weight is 272 g/mol. The number of halogens is 1. The number of ether oxygens (including phenoxy) is 2. The molecule has 1 atom stereocenters. The lowest BCUT2D eigenvalue weighted by Crippen LogP contribution is -2.29. The largest absolute Gasteiger partial charge is 0.493 e. The third-order valence-electron chi connectivity index (χ3n) is 2.39. The van der Waals surface area contributed by atoms with E-state index in [9.17, 15) is 4.79 Å². The minimum atomic E-state index is -0.0700. The van der Waals surface area contributed by atoms with Crippen molar-refractivity contribution in [1.29, 1.82) is 0 Å². The van der Waals surface area contributed by atoms with Crippen LogP contribution in [0.15, 0.2) is 18.2 Å². The van der Waals surface area contributed by atoms with Crippen molar-refractivity contribution >= 4 is 17.5 Å². The second-order valence-corrected chi connectivity index (χ2v) is 4.70. The van der Waals surface area contributed by atoms with Crippen molar-refractivity contribution in [2.45, 2.75) is 18.7 Å². The maximum Gasteiger partial charge on any atom is 0.224 e. The highest BCUT2D eigenvalue weighted by molar-refractivity contribution is 6.20. The van der Waals surface area contributed by atoms with E-state index < -0.39 is 0 Å². The standard InChI is InChI=1S/C13H18ClNO3/c1-9(14)8-15-13(16)7-10-4-5-11(17-2)12(6-10)18-3/h4-6,9H,7-8H2,1-3H3,(H,15,16). The highest BCUT2D eigenvalue weighted by atomic mass is 35.5. The number of carbonyl (C=O) groups is 1. The van der Waals surface area contributed by atoms with Gasteiger partial charge >= 0.3 is 0 Å². The number of rotatable bonds is 6. The fourth-order valence-electron chi connectivity index (χ4n) is 1.49. The Kier molecular flexibility index (Phi) is 5.78. The Bertz CT molecular complexity index is 407. The molecule has 0 aliphatic heterocycles. The van der Waals surface area contributed by atoms with E-state index in [1.54, 1.807) is 26.4 Å². The van der Waals surface area contributed by atoms with Gasteiger partial charge in [-0.1, -0.05) is 6.07 Å². The lowest BCUT2D eigenvalue weighted by Gasteiger charge is -2.10. The Labute approximate surface area is 112 Å². The molecule has 1 rings (SSSR count). The predicted molar refractivity (Wildman–Crippen MR) is 71.6 cm³/mol. The Morgan fingerprint density at radius 2 is 2.00 bits per heavy atom. The van der Waals surface area contributed by atoms with E-state index in [4.69, 9.17) is 21.1 Å². The molecule has 0 spiro atoms. The van der Waals surface area contributed by atoms with Gasteiger partial charge in [0.05, 0.1) is 20.6 Å². The first-order valence-electron chi connectivity index (χ1n) is 5.68. The van der Waals surface area contributed by atoms with Gasteiger partial charge in [0.15, 0.2) is 11.5 Å². The summed E-state index contributed by atoms with van der Waals surface area (Å²) in [5.41, 5.74) is 0.868. The molecular formula is C13H18ClNO3. The number of hydrogen-bond acceptors (Lipinski definition) is 3. The maximum absolute atomic E-state index is 11.6. The van der Waals surface area contributed by atoms with E-state index in [0.29, 0.717) is 24.5 Å². The molecule has 18 heavy (non-hydrogen) atoms. The number of benzene rings is 1. The Balaban J connectivity index is 2.64. The molecule has 0 radical (unpaired) electrons. The summed E-state index contributed by atoms with van der Waals surface area (Å²) in [6.45, 7) is 2.30. The summed E-state index contributed by atoms with van der Waals surface area (Å²) in [5.74, 6) is 1.21. The number of methoxy groups -OCH3 is 2. The molecule has 0 aromatic heterocycles. The minimum Gasteiger partial charge on any atom is -0.493 e. The molecule has 0 aliphatic carbocycles. The first-order valence-corrected chi connectivity index (χ1v) is 6.12. The molecule has 0 saturated carbocycles. The summed E-state index contributed by atoms with van der Waals surface area (Å²) in [5, 5.41) is 2.68. The smallest absolute Gasteiger partial charge is 0.224 e. The topological polar surface area (TPSA) is 47.6 Å². The van der Waals surface area contributed by atoms with Crippen LogP contribution in [0.2, 0.25) is 0 Å². The second kappa shape index (κ2) is 7.11. The van der Waals surface area contributed by atoms with Gasteiger partial charge in [0.2, 0.25) is 5.91 Å². The van der Waals surface area contributed by atoms with Gasteiger partial charge in [-0.25, -0.2) is 0 Å². The van der Waals surface area contributed by atoms with Crippen LogP contribution >= 0.6 is 11.6 Å². The zero-order chi connectivity index (χ0) is 13.5. The van der Waals surface area contributed by atoms with Crippen LogP contribution in [-0.4, -0.2) is 32.0 Å². The summed E-state index contributed by atoms with van der Waals surface area (Å²) in [7, 11) is 3.14. The molecule has 0 bridgehead atoms. The first kappa shape index (κ1) is 14.6. The van der Waals surface area contributed by atoms with Gasteiger partial charge in [-0.3, -0.25) is 4.79 Å². The van der Waals surface area contributed by atoms with Crippen molar-refractivity contribution < 1.29 is 14.3 Å². The molecule has 1 amide bonds. The Morgan fingerprint density at radius 1 is 1.33 bits per heavy atom. The van der Waals surface area contributed by atoms with Crippen molar-refractivity contribution in [2.75, 3.05) is 20.8 Å². The highest BCUT2D eigenvalue weighted by Crippen LogP contribution is 2.27. The van der Waals surface area contributed by atoms with Gasteiger partial charge in [0.25, 0.3) is 0 Å². The van der Waals surface area contributed by atoms with Crippen LogP contribution in [0.5, 0.6) is 11.5 Å². The molecule has 1 aromatic carbocycles. The molecule has 1 N–H and O–H groups in total. The zero-order valence-corrected chi connectivity index (χ0v) is 11.6. The molecular weight excluding hydrogens is 254 g/mol. The minimum absolute atomic E-state index is 0.0604. The summed E-state index contributed by atoms with van der Waals surface area (Å²) in [6, 6.07) is 5.42. The number of alkyl halides is 1. The molecule has 1 unspecified atom stereocenters. The summed E-state index contributed by atoms with van der Waals surface area (Å²) in [6.07, 6.45) is 0.296. The molecule has 0 saturated heterocycles. The molecule has 0 fully saturated rings. The zero-order valence-electron chi connectivity index (χ0n) is 10.8. The van der Waals surface area contributed by atoms with Gasteiger partial charge in [0, 0.05) is 11.9 Å². The number of hydrogen-bond donors (Lipinski definition) is 1. The van der Waals surface area contributed by atoms with Crippen molar-refractivity contribution in [3.8, 4) is 11.5 Å². The Morgan fingerprint density at radius 3 is 2.56 bits per heavy atom. The van der Waals surface area contributed by atoms with Crippen molar-refractivity contribution in [3.63, 3.8) is 0 Å². The lowest BCUT2D eigenvalue weighted by molar-refractivity contribution is -0.120. The van der Waals surface area contributed by atoms with Crippen LogP contribution in [0.4, 0.5) is 0 Å². The molecule has 0 heterocycles. The van der Waals surface area contributed by atoms with Crippen LogP contribution < -0.4 is 14.8 Å². The number of amides is 1. The van der Waals surface area contributed by atoms with Crippen LogP contribution in [0.25, 0.3) is 0 Å². The predicted octanol–water partition coefficient (Wildman–Crippen LogP) is 1.99. The van der Waals surface area contributed by atoms with E-state index in [0.717, 1.165) is 5.56 Å². The molecule has 5 heteroatoms. The highest BCUT2D eigenvalue weighted by Gasteiger charge is 2.08. The normalized spacial score (nSPS) is 11.8. The third kappa shape index (κ3) is 4.45. The van der Waals surface area contributed by atoms with Gasteiger partial charge < -0.3 is 14.8 Å². The fourth-order valence-corrected chi connectivity index (χ4v) is 1.57. The van der Waals surface area contributed by atoms with Gasteiger partial charge in [0.1, 0.15) is 0 Å². The van der Waals surface area contributed by atoms with E-state index in [2.05, 4.69) is 5.32 Å². The second-order valence-electron chi connectivity index (χ2n) is 3.95. The number of carbonyl (C=O) groups excluding carboxylic acids is 1.